The lowest BCUT2D eigenvalue weighted by atomic mass is 10.2. The van der Waals surface area contributed by atoms with E-state index in [0.717, 1.165) is 59.0 Å². The Balaban J connectivity index is 1.33. The SMILES string of the molecule is COc1ccc(C(=O)NCCCc2nc3ccccc3n2CCCOc2ccc(Cl)c(C)c2)cc1OC. The van der Waals surface area contributed by atoms with Gasteiger partial charge in [-0.3, -0.25) is 4.79 Å². The molecule has 0 fully saturated rings. The summed E-state index contributed by atoms with van der Waals surface area (Å²) in [4.78, 5) is 17.5. The minimum Gasteiger partial charge on any atom is -0.494 e. The van der Waals surface area contributed by atoms with Crippen molar-refractivity contribution in [3.63, 3.8) is 0 Å². The van der Waals surface area contributed by atoms with Gasteiger partial charge in [-0.1, -0.05) is 23.7 Å². The zero-order valence-corrected chi connectivity index (χ0v) is 22.2. The number of fused-ring (bicyclic) bond motifs is 1. The number of aryl methyl sites for hydroxylation is 3. The standard InChI is InChI=1S/C29H32ClN3O4/c1-20-18-22(12-13-23(20)30)37-17-7-16-33-25-9-5-4-8-24(25)32-28(33)10-6-15-31-29(34)21-11-14-26(35-2)27(19-21)36-3/h4-5,8-9,11-14,18-19H,6-7,10,15-17H2,1-3H3,(H,31,34). The summed E-state index contributed by atoms with van der Waals surface area (Å²) in [6, 6.07) is 19.0. The summed E-state index contributed by atoms with van der Waals surface area (Å²) in [5.41, 5.74) is 3.61. The number of methoxy groups -OCH3 is 2. The molecule has 1 heterocycles. The summed E-state index contributed by atoms with van der Waals surface area (Å²) in [5, 5.41) is 3.73. The Morgan fingerprint density at radius 1 is 1.00 bits per heavy atom. The van der Waals surface area contributed by atoms with Crippen LogP contribution in [-0.4, -0.2) is 42.8 Å². The maximum atomic E-state index is 12.6. The molecule has 1 aromatic heterocycles. The molecule has 0 saturated heterocycles. The molecule has 194 valence electrons. The van der Waals surface area contributed by atoms with Crippen LogP contribution in [0, 0.1) is 6.92 Å². The number of aromatic nitrogens is 2. The number of benzene rings is 3. The van der Waals surface area contributed by atoms with E-state index in [2.05, 4.69) is 16.0 Å². The molecule has 4 aromatic rings. The third kappa shape index (κ3) is 6.54. The lowest BCUT2D eigenvalue weighted by Crippen LogP contribution is -2.25. The summed E-state index contributed by atoms with van der Waals surface area (Å²) in [7, 11) is 3.12. The summed E-state index contributed by atoms with van der Waals surface area (Å²) >= 11 is 6.11. The topological polar surface area (TPSA) is 74.6 Å². The van der Waals surface area contributed by atoms with Gasteiger partial charge in [0, 0.05) is 30.1 Å². The molecule has 0 radical (unpaired) electrons. The van der Waals surface area contributed by atoms with Crippen molar-refractivity contribution < 1.29 is 19.0 Å². The molecule has 1 amide bonds. The lowest BCUT2D eigenvalue weighted by molar-refractivity contribution is 0.0952. The first-order valence-corrected chi connectivity index (χ1v) is 12.7. The fraction of sp³-hybridized carbons (Fsp3) is 0.310. The molecule has 4 rings (SSSR count). The summed E-state index contributed by atoms with van der Waals surface area (Å²) in [5.74, 6) is 2.79. The normalized spacial score (nSPS) is 10.9. The number of amides is 1. The Morgan fingerprint density at radius 2 is 1.81 bits per heavy atom. The zero-order chi connectivity index (χ0) is 26.2. The number of nitrogens with one attached hydrogen (secondary N) is 1. The van der Waals surface area contributed by atoms with Crippen LogP contribution in [0.25, 0.3) is 11.0 Å². The van der Waals surface area contributed by atoms with E-state index < -0.39 is 0 Å². The molecule has 7 nitrogen and oxygen atoms in total. The lowest BCUT2D eigenvalue weighted by Gasteiger charge is -2.12. The first kappa shape index (κ1) is 26.4. The average molecular weight is 522 g/mol. The number of hydrogen-bond acceptors (Lipinski definition) is 5. The van der Waals surface area contributed by atoms with Gasteiger partial charge in [0.25, 0.3) is 5.91 Å². The Labute approximate surface area is 222 Å². The third-order valence-electron chi connectivity index (χ3n) is 6.17. The van der Waals surface area contributed by atoms with E-state index in [-0.39, 0.29) is 5.91 Å². The van der Waals surface area contributed by atoms with Crippen LogP contribution in [0.3, 0.4) is 0 Å². The van der Waals surface area contributed by atoms with Crippen LogP contribution in [0.1, 0.15) is 34.6 Å². The predicted octanol–water partition coefficient (Wildman–Crippen LogP) is 5.85. The number of ether oxygens (including phenoxy) is 3. The van der Waals surface area contributed by atoms with Crippen molar-refractivity contribution in [1.82, 2.24) is 14.9 Å². The molecule has 0 aliphatic rings. The highest BCUT2D eigenvalue weighted by Gasteiger charge is 2.13. The largest absolute Gasteiger partial charge is 0.494 e. The van der Waals surface area contributed by atoms with Gasteiger partial charge >= 0.3 is 0 Å². The maximum absolute atomic E-state index is 12.6. The molecular formula is C29H32ClN3O4. The number of para-hydroxylation sites is 2. The molecule has 8 heteroatoms. The van der Waals surface area contributed by atoms with Crippen LogP contribution in [-0.2, 0) is 13.0 Å². The first-order valence-electron chi connectivity index (χ1n) is 12.3. The van der Waals surface area contributed by atoms with Crippen LogP contribution in [0.4, 0.5) is 0 Å². The Morgan fingerprint density at radius 3 is 2.59 bits per heavy atom. The van der Waals surface area contributed by atoms with E-state index in [0.29, 0.717) is 30.2 Å². The molecule has 0 aliphatic carbocycles. The predicted molar refractivity (Wildman–Crippen MR) is 146 cm³/mol. The van der Waals surface area contributed by atoms with E-state index >= 15 is 0 Å². The van der Waals surface area contributed by atoms with Gasteiger partial charge in [-0.15, -0.1) is 0 Å². The molecule has 0 bridgehead atoms. The van der Waals surface area contributed by atoms with Crippen LogP contribution in [0.15, 0.2) is 60.7 Å². The second-order valence-corrected chi connectivity index (χ2v) is 9.12. The van der Waals surface area contributed by atoms with Crippen LogP contribution < -0.4 is 19.5 Å². The van der Waals surface area contributed by atoms with Gasteiger partial charge in [-0.25, -0.2) is 4.98 Å². The highest BCUT2D eigenvalue weighted by molar-refractivity contribution is 6.31. The molecule has 1 N–H and O–H groups in total. The Kier molecular flexibility index (Phi) is 8.90. The molecule has 0 aliphatic heterocycles. The fourth-order valence-electron chi connectivity index (χ4n) is 4.21. The smallest absolute Gasteiger partial charge is 0.251 e. The molecular weight excluding hydrogens is 490 g/mol. The van der Waals surface area contributed by atoms with Gasteiger partial charge in [0.1, 0.15) is 11.6 Å². The molecule has 0 saturated carbocycles. The monoisotopic (exact) mass is 521 g/mol. The van der Waals surface area contributed by atoms with Crippen molar-refractivity contribution in [3.8, 4) is 17.2 Å². The van der Waals surface area contributed by atoms with Gasteiger partial charge in [0.15, 0.2) is 11.5 Å². The van der Waals surface area contributed by atoms with Crippen LogP contribution in [0.5, 0.6) is 17.2 Å². The number of imidazole rings is 1. The molecule has 0 unspecified atom stereocenters. The number of carbonyl (C=O) groups is 1. The van der Waals surface area contributed by atoms with Gasteiger partial charge < -0.3 is 24.1 Å². The fourth-order valence-corrected chi connectivity index (χ4v) is 4.33. The van der Waals surface area contributed by atoms with E-state index in [1.807, 2.05) is 43.3 Å². The van der Waals surface area contributed by atoms with E-state index in [9.17, 15) is 4.79 Å². The van der Waals surface area contributed by atoms with Gasteiger partial charge in [-0.2, -0.15) is 0 Å². The van der Waals surface area contributed by atoms with Gasteiger partial charge in [-0.05, 0) is 73.9 Å². The quantitative estimate of drug-likeness (QED) is 0.237. The number of hydrogen-bond donors (Lipinski definition) is 1. The molecule has 3 aromatic carbocycles. The molecule has 0 atom stereocenters. The second-order valence-electron chi connectivity index (χ2n) is 8.71. The maximum Gasteiger partial charge on any atom is 0.251 e. The number of carbonyl (C=O) groups excluding carboxylic acids is 1. The van der Waals surface area contributed by atoms with Crippen molar-refractivity contribution in [2.24, 2.45) is 0 Å². The Bertz CT molecular complexity index is 1370. The second kappa shape index (κ2) is 12.5. The Hall–Kier alpha value is -3.71. The number of rotatable bonds is 12. The van der Waals surface area contributed by atoms with Gasteiger partial charge in [0.05, 0.1) is 31.9 Å². The highest BCUT2D eigenvalue weighted by atomic mass is 35.5. The summed E-state index contributed by atoms with van der Waals surface area (Å²) in [6.45, 7) is 3.89. The highest BCUT2D eigenvalue weighted by Crippen LogP contribution is 2.27. The first-order chi connectivity index (χ1) is 18.0. The average Bonchev–Trinajstić information content (AvgIpc) is 3.27. The third-order valence-corrected chi connectivity index (χ3v) is 6.59. The number of halogens is 1. The number of nitrogens with zero attached hydrogens (tertiary/aromatic N) is 2. The van der Waals surface area contributed by atoms with Crippen molar-refractivity contribution in [2.75, 3.05) is 27.4 Å². The van der Waals surface area contributed by atoms with E-state index in [4.69, 9.17) is 30.8 Å². The zero-order valence-electron chi connectivity index (χ0n) is 21.4. The van der Waals surface area contributed by atoms with Crippen molar-refractivity contribution >= 4 is 28.5 Å². The molecule has 37 heavy (non-hydrogen) atoms. The van der Waals surface area contributed by atoms with Crippen molar-refractivity contribution in [2.45, 2.75) is 32.7 Å². The minimum absolute atomic E-state index is 0.149. The van der Waals surface area contributed by atoms with E-state index in [1.54, 1.807) is 32.4 Å². The summed E-state index contributed by atoms with van der Waals surface area (Å²) in [6.07, 6.45) is 2.35. The molecule has 0 spiro atoms. The van der Waals surface area contributed by atoms with Crippen LogP contribution in [0.2, 0.25) is 5.02 Å². The minimum atomic E-state index is -0.149. The van der Waals surface area contributed by atoms with Crippen LogP contribution >= 0.6 is 11.6 Å². The van der Waals surface area contributed by atoms with Gasteiger partial charge in [0.2, 0.25) is 0 Å². The van der Waals surface area contributed by atoms with Crippen molar-refractivity contribution in [1.29, 1.82) is 0 Å². The summed E-state index contributed by atoms with van der Waals surface area (Å²) < 4.78 is 18.7. The van der Waals surface area contributed by atoms with E-state index in [1.165, 1.54) is 0 Å². The van der Waals surface area contributed by atoms with Crippen molar-refractivity contribution in [3.05, 3.63) is 82.6 Å².